The van der Waals surface area contributed by atoms with Crippen molar-refractivity contribution in [3.63, 3.8) is 0 Å². The average Bonchev–Trinajstić information content (AvgIpc) is 2.46. The van der Waals surface area contributed by atoms with Gasteiger partial charge in [-0.1, -0.05) is 30.3 Å². The predicted molar refractivity (Wildman–Crippen MR) is 84.2 cm³/mol. The molecule has 1 aromatic rings. The Hall–Kier alpha value is -2.12. The fourth-order valence-electron chi connectivity index (χ4n) is 2.88. The summed E-state index contributed by atoms with van der Waals surface area (Å²) in [5.74, 6) is -0.328. The molecule has 2 amide bonds. The number of quaternary nitrogens is 1. The number of aliphatic hydroxyl groups is 1. The molecule has 1 aliphatic heterocycles. The third kappa shape index (κ3) is 4.43. The van der Waals surface area contributed by atoms with Crippen LogP contribution >= 0.6 is 0 Å². The minimum atomic E-state index is -1.41. The Bertz CT molecular complexity index is 560. The predicted octanol–water partition coefficient (Wildman–Crippen LogP) is 0.799. The quantitative estimate of drug-likeness (QED) is 0.715. The van der Waals surface area contributed by atoms with Crippen LogP contribution in [0, 0.1) is 0 Å². The van der Waals surface area contributed by atoms with Gasteiger partial charge in [0.2, 0.25) is 0 Å². The van der Waals surface area contributed by atoms with E-state index in [9.17, 15) is 14.7 Å². The lowest BCUT2D eigenvalue weighted by atomic mass is 10.1. The number of hydrogen-bond acceptors (Lipinski definition) is 3. The van der Waals surface area contributed by atoms with Crippen LogP contribution in [0.5, 0.6) is 0 Å². The summed E-state index contributed by atoms with van der Waals surface area (Å²) in [4.78, 5) is 24.9. The number of hydrogen-bond donors (Lipinski definition) is 3. The summed E-state index contributed by atoms with van der Waals surface area (Å²) in [5, 5.41) is 19.0. The molecule has 0 aliphatic carbocycles. The van der Waals surface area contributed by atoms with Crippen molar-refractivity contribution in [1.29, 1.82) is 0 Å². The average molecular weight is 322 g/mol. The Morgan fingerprint density at radius 1 is 1.22 bits per heavy atom. The van der Waals surface area contributed by atoms with Gasteiger partial charge >= 0.3 is 6.09 Å². The second kappa shape index (κ2) is 6.55. The van der Waals surface area contributed by atoms with Gasteiger partial charge in [0.05, 0.1) is 13.1 Å². The zero-order valence-corrected chi connectivity index (χ0v) is 13.5. The van der Waals surface area contributed by atoms with Gasteiger partial charge in [0.1, 0.15) is 25.2 Å². The molecule has 1 heterocycles. The molecule has 0 atom stereocenters. The van der Waals surface area contributed by atoms with E-state index in [1.165, 1.54) is 13.8 Å². The second-order valence-electron chi connectivity index (χ2n) is 6.50. The van der Waals surface area contributed by atoms with Crippen LogP contribution in [0.15, 0.2) is 30.3 Å². The topological polar surface area (TPSA) is 89.9 Å². The zero-order valence-electron chi connectivity index (χ0n) is 13.5. The highest BCUT2D eigenvalue weighted by atomic mass is 16.4. The molecule has 0 unspecified atom stereocenters. The van der Waals surface area contributed by atoms with Gasteiger partial charge in [-0.05, 0) is 13.8 Å². The third-order valence-corrected chi connectivity index (χ3v) is 4.07. The van der Waals surface area contributed by atoms with Gasteiger partial charge < -0.3 is 15.1 Å². The van der Waals surface area contributed by atoms with Gasteiger partial charge in [-0.25, -0.2) is 9.39 Å². The smallest absolute Gasteiger partial charge is 0.449 e. The minimum absolute atomic E-state index is 0.176. The minimum Gasteiger partial charge on any atom is -0.462 e. The Kier molecular flexibility index (Phi) is 4.91. The highest BCUT2D eigenvalue weighted by molar-refractivity contribution is 5.84. The number of benzene rings is 1. The lowest BCUT2D eigenvalue weighted by Gasteiger charge is -2.43. The standard InChI is InChI=1S/C16H23N3O4/c1-16(2,23)14(20)18-8-10-19(11-9-18,17-15(21)22)12-13-6-4-3-5-7-13/h3-7,17,23H,8-12H2,1-2H3/p+1. The molecule has 1 fully saturated rings. The highest BCUT2D eigenvalue weighted by Gasteiger charge is 2.39. The van der Waals surface area contributed by atoms with Crippen molar-refractivity contribution in [2.45, 2.75) is 26.0 Å². The van der Waals surface area contributed by atoms with Crippen LogP contribution in [0.25, 0.3) is 0 Å². The van der Waals surface area contributed by atoms with Gasteiger partial charge in [-0.3, -0.25) is 4.79 Å². The van der Waals surface area contributed by atoms with Crippen LogP contribution < -0.4 is 5.43 Å². The fourth-order valence-corrected chi connectivity index (χ4v) is 2.88. The van der Waals surface area contributed by atoms with E-state index in [-0.39, 0.29) is 10.5 Å². The SMILES string of the molecule is CC(C)(O)C(=O)N1CC[N+](Cc2ccccc2)(NC(=O)O)CC1. The molecule has 0 radical (unpaired) electrons. The molecule has 1 aliphatic rings. The van der Waals surface area contributed by atoms with Crippen molar-refractivity contribution in [1.82, 2.24) is 10.3 Å². The van der Waals surface area contributed by atoms with E-state index in [2.05, 4.69) is 5.43 Å². The fraction of sp³-hybridized carbons (Fsp3) is 0.500. The number of carbonyl (C=O) groups is 2. The Balaban J connectivity index is 2.10. The molecule has 2 rings (SSSR count). The van der Waals surface area contributed by atoms with E-state index < -0.39 is 11.7 Å². The van der Waals surface area contributed by atoms with Crippen LogP contribution in [-0.2, 0) is 11.3 Å². The van der Waals surface area contributed by atoms with E-state index in [1.54, 1.807) is 4.90 Å². The Morgan fingerprint density at radius 2 is 1.78 bits per heavy atom. The number of rotatable bonds is 4. The maximum atomic E-state index is 12.1. The van der Waals surface area contributed by atoms with Gasteiger partial charge in [0, 0.05) is 5.56 Å². The Labute approximate surface area is 135 Å². The van der Waals surface area contributed by atoms with Crippen LogP contribution in [-0.4, -0.2) is 63.5 Å². The van der Waals surface area contributed by atoms with Gasteiger partial charge in [-0.15, -0.1) is 0 Å². The number of carboxylic acid groups (broad SMARTS) is 1. The van der Waals surface area contributed by atoms with Gasteiger partial charge in [0.25, 0.3) is 5.91 Å². The first-order chi connectivity index (χ1) is 10.7. The molecule has 3 N–H and O–H groups in total. The van der Waals surface area contributed by atoms with E-state index in [0.717, 1.165) is 5.56 Å². The summed E-state index contributed by atoms with van der Waals surface area (Å²) in [6.07, 6.45) is -1.08. The normalized spacial score (nSPS) is 17.6. The molecule has 0 bridgehead atoms. The molecule has 23 heavy (non-hydrogen) atoms. The number of nitrogens with zero attached hydrogens (tertiary/aromatic N) is 2. The summed E-state index contributed by atoms with van der Waals surface area (Å²) in [5.41, 5.74) is 2.22. The summed E-state index contributed by atoms with van der Waals surface area (Å²) in [6, 6.07) is 9.66. The molecule has 7 heteroatoms. The number of amides is 2. The summed E-state index contributed by atoms with van der Waals surface area (Å²) >= 11 is 0. The van der Waals surface area contributed by atoms with E-state index in [0.29, 0.717) is 32.7 Å². The van der Waals surface area contributed by atoms with Crippen molar-refractivity contribution in [2.75, 3.05) is 26.2 Å². The number of piperazine rings is 1. The molecular formula is C16H24N3O4+. The summed E-state index contributed by atoms with van der Waals surface area (Å²) in [7, 11) is 0. The lowest BCUT2D eigenvalue weighted by Crippen LogP contribution is -2.68. The van der Waals surface area contributed by atoms with Crippen molar-refractivity contribution < 1.29 is 24.4 Å². The Morgan fingerprint density at radius 3 is 2.26 bits per heavy atom. The van der Waals surface area contributed by atoms with E-state index >= 15 is 0 Å². The molecule has 1 saturated heterocycles. The van der Waals surface area contributed by atoms with E-state index in [4.69, 9.17) is 5.11 Å². The van der Waals surface area contributed by atoms with Crippen molar-refractivity contribution in [3.8, 4) is 0 Å². The molecule has 7 nitrogen and oxygen atoms in total. The maximum Gasteiger partial charge on any atom is 0.449 e. The van der Waals surface area contributed by atoms with Crippen LogP contribution in [0.4, 0.5) is 4.79 Å². The van der Waals surface area contributed by atoms with Crippen LogP contribution in [0.3, 0.4) is 0 Å². The first-order valence-corrected chi connectivity index (χ1v) is 7.65. The van der Waals surface area contributed by atoms with Crippen molar-refractivity contribution in [3.05, 3.63) is 35.9 Å². The molecule has 1 aromatic carbocycles. The second-order valence-corrected chi connectivity index (χ2v) is 6.50. The first kappa shape index (κ1) is 17.2. The molecule has 0 aromatic heterocycles. The lowest BCUT2D eigenvalue weighted by molar-refractivity contribution is -0.977. The van der Waals surface area contributed by atoms with Gasteiger partial charge in [-0.2, -0.15) is 5.43 Å². The molecular weight excluding hydrogens is 298 g/mol. The largest absolute Gasteiger partial charge is 0.462 e. The molecule has 126 valence electrons. The first-order valence-electron chi connectivity index (χ1n) is 7.65. The maximum absolute atomic E-state index is 12.1. The van der Waals surface area contributed by atoms with Crippen molar-refractivity contribution in [2.24, 2.45) is 0 Å². The summed E-state index contributed by atoms with van der Waals surface area (Å²) in [6.45, 7) is 5.17. The highest BCUT2D eigenvalue weighted by Crippen LogP contribution is 2.18. The zero-order chi connectivity index (χ0) is 17.1. The third-order valence-electron chi connectivity index (χ3n) is 4.07. The number of nitrogens with one attached hydrogen (secondary N) is 1. The van der Waals surface area contributed by atoms with Crippen LogP contribution in [0.2, 0.25) is 0 Å². The van der Waals surface area contributed by atoms with Crippen LogP contribution in [0.1, 0.15) is 19.4 Å². The van der Waals surface area contributed by atoms with E-state index in [1.807, 2.05) is 30.3 Å². The monoisotopic (exact) mass is 322 g/mol. The van der Waals surface area contributed by atoms with Gasteiger partial charge in [0.15, 0.2) is 0 Å². The number of carbonyl (C=O) groups excluding carboxylic acids is 1. The molecule has 0 saturated carbocycles. The summed E-state index contributed by atoms with van der Waals surface area (Å²) < 4.78 is 0.176. The van der Waals surface area contributed by atoms with Crippen molar-refractivity contribution >= 4 is 12.0 Å². The molecule has 0 spiro atoms.